The summed E-state index contributed by atoms with van der Waals surface area (Å²) >= 11 is 0. The highest BCUT2D eigenvalue weighted by Crippen LogP contribution is 2.25. The zero-order chi connectivity index (χ0) is 14.5. The average molecular weight is 276 g/mol. The molecule has 0 bridgehead atoms. The molecule has 0 radical (unpaired) electrons. The van der Waals surface area contributed by atoms with E-state index in [1.807, 2.05) is 11.9 Å². The monoisotopic (exact) mass is 276 g/mol. The number of carbonyl (C=O) groups is 1. The van der Waals surface area contributed by atoms with E-state index in [0.29, 0.717) is 23.0 Å². The lowest BCUT2D eigenvalue weighted by Crippen LogP contribution is -2.37. The van der Waals surface area contributed by atoms with E-state index in [0.717, 1.165) is 12.8 Å². The topological polar surface area (TPSA) is 55.6 Å². The highest BCUT2D eigenvalue weighted by molar-refractivity contribution is 5.99. The molecule has 1 saturated carbocycles. The van der Waals surface area contributed by atoms with Gasteiger partial charge >= 0.3 is 0 Å². The number of hydrogen-bond donors (Lipinski definition) is 1. The molecule has 1 aromatic carbocycles. The van der Waals surface area contributed by atoms with Crippen LogP contribution in [0.25, 0.3) is 0 Å². The molecule has 0 aromatic heterocycles. The minimum atomic E-state index is 0.0112. The van der Waals surface area contributed by atoms with Gasteiger partial charge < -0.3 is 15.4 Å². The summed E-state index contributed by atoms with van der Waals surface area (Å²) in [7, 11) is 3.48. The number of methoxy groups -OCH3 is 1. The van der Waals surface area contributed by atoms with Crippen LogP contribution in [0.5, 0.6) is 5.75 Å². The Morgan fingerprint density at radius 3 is 2.45 bits per heavy atom. The molecule has 0 spiro atoms. The van der Waals surface area contributed by atoms with Crippen LogP contribution in [-0.4, -0.2) is 31.0 Å². The first-order valence-corrected chi connectivity index (χ1v) is 7.34. The second-order valence-electron chi connectivity index (χ2n) is 5.51. The summed E-state index contributed by atoms with van der Waals surface area (Å²) in [6, 6.07) is 5.58. The molecule has 0 atom stereocenters. The summed E-state index contributed by atoms with van der Waals surface area (Å²) in [5, 5.41) is 0. The molecule has 1 aromatic rings. The zero-order valence-electron chi connectivity index (χ0n) is 12.4. The van der Waals surface area contributed by atoms with Gasteiger partial charge in [-0.2, -0.15) is 0 Å². The lowest BCUT2D eigenvalue weighted by Gasteiger charge is -2.27. The molecule has 20 heavy (non-hydrogen) atoms. The summed E-state index contributed by atoms with van der Waals surface area (Å²) in [6.45, 7) is 0. The van der Waals surface area contributed by atoms with E-state index in [9.17, 15) is 4.79 Å². The number of nitrogens with two attached hydrogens (primary N) is 1. The van der Waals surface area contributed by atoms with Crippen molar-refractivity contribution in [2.75, 3.05) is 19.9 Å². The van der Waals surface area contributed by atoms with Crippen LogP contribution >= 0.6 is 0 Å². The maximum atomic E-state index is 12.6. The fraction of sp³-hybridized carbons (Fsp3) is 0.562. The lowest BCUT2D eigenvalue weighted by molar-refractivity contribution is 0.0719. The van der Waals surface area contributed by atoms with Gasteiger partial charge in [0.25, 0.3) is 5.91 Å². The predicted molar refractivity (Wildman–Crippen MR) is 81.0 cm³/mol. The maximum absolute atomic E-state index is 12.6. The number of rotatable bonds is 3. The number of benzene rings is 1. The van der Waals surface area contributed by atoms with Gasteiger partial charge in [0.2, 0.25) is 0 Å². The van der Waals surface area contributed by atoms with Crippen LogP contribution in [0.15, 0.2) is 18.2 Å². The van der Waals surface area contributed by atoms with E-state index in [2.05, 4.69) is 0 Å². The highest BCUT2D eigenvalue weighted by Gasteiger charge is 2.23. The quantitative estimate of drug-likeness (QED) is 0.682. The fourth-order valence-electron chi connectivity index (χ4n) is 2.86. The molecule has 1 aliphatic carbocycles. The Morgan fingerprint density at radius 1 is 1.25 bits per heavy atom. The number of hydrogen-bond acceptors (Lipinski definition) is 3. The molecule has 0 aliphatic heterocycles. The number of nitrogen functional groups attached to an aromatic ring is 1. The number of anilines is 1. The molecule has 2 N–H and O–H groups in total. The Morgan fingerprint density at radius 2 is 1.90 bits per heavy atom. The summed E-state index contributed by atoms with van der Waals surface area (Å²) in [5.41, 5.74) is 7.02. The molecular formula is C16H24N2O2. The molecule has 4 nitrogen and oxygen atoms in total. The fourth-order valence-corrected chi connectivity index (χ4v) is 2.86. The Labute approximate surface area is 120 Å². The molecule has 110 valence electrons. The standard InChI is InChI=1S/C16H24N2O2/c1-18(12-7-5-3-4-6-8-12)16(19)14-10-9-13(20-2)11-15(14)17/h9-12H,3-8,17H2,1-2H3. The second kappa shape index (κ2) is 6.64. The molecule has 2 rings (SSSR count). The van der Waals surface area contributed by atoms with Gasteiger partial charge in [0.1, 0.15) is 5.75 Å². The SMILES string of the molecule is COc1ccc(C(=O)N(C)C2CCCCCC2)c(N)c1. The molecule has 1 fully saturated rings. The first kappa shape index (κ1) is 14.7. The molecule has 0 heterocycles. The number of amides is 1. The summed E-state index contributed by atoms with van der Waals surface area (Å²) < 4.78 is 5.12. The Balaban J connectivity index is 2.13. The molecule has 0 saturated heterocycles. The number of ether oxygens (including phenoxy) is 1. The van der Waals surface area contributed by atoms with Gasteiger partial charge in [0.05, 0.1) is 12.7 Å². The van der Waals surface area contributed by atoms with Crippen molar-refractivity contribution < 1.29 is 9.53 Å². The van der Waals surface area contributed by atoms with E-state index >= 15 is 0 Å². The summed E-state index contributed by atoms with van der Waals surface area (Å²) in [6.07, 6.45) is 7.17. The molecule has 1 aliphatic rings. The van der Waals surface area contributed by atoms with Crippen molar-refractivity contribution in [1.29, 1.82) is 0 Å². The van der Waals surface area contributed by atoms with Crippen molar-refractivity contribution in [1.82, 2.24) is 4.90 Å². The van der Waals surface area contributed by atoms with E-state index in [1.165, 1.54) is 25.7 Å². The minimum absolute atomic E-state index is 0.0112. The van der Waals surface area contributed by atoms with Crippen LogP contribution < -0.4 is 10.5 Å². The van der Waals surface area contributed by atoms with Crippen molar-refractivity contribution in [3.63, 3.8) is 0 Å². The van der Waals surface area contributed by atoms with Gasteiger partial charge in [-0.25, -0.2) is 0 Å². The van der Waals surface area contributed by atoms with Crippen LogP contribution in [0.4, 0.5) is 5.69 Å². The van der Waals surface area contributed by atoms with Crippen molar-refractivity contribution in [3.8, 4) is 5.75 Å². The van der Waals surface area contributed by atoms with Crippen molar-refractivity contribution >= 4 is 11.6 Å². The third-order valence-electron chi connectivity index (χ3n) is 4.18. The molecule has 1 amide bonds. The minimum Gasteiger partial charge on any atom is -0.497 e. The average Bonchev–Trinajstić information content (AvgIpc) is 2.74. The smallest absolute Gasteiger partial charge is 0.255 e. The van der Waals surface area contributed by atoms with E-state index in [4.69, 9.17) is 10.5 Å². The Hall–Kier alpha value is -1.71. The molecule has 0 unspecified atom stereocenters. The predicted octanol–water partition coefficient (Wildman–Crippen LogP) is 3.07. The van der Waals surface area contributed by atoms with Crippen LogP contribution in [0.3, 0.4) is 0 Å². The first-order valence-electron chi connectivity index (χ1n) is 7.34. The lowest BCUT2D eigenvalue weighted by atomic mass is 10.1. The van der Waals surface area contributed by atoms with Crippen LogP contribution in [-0.2, 0) is 0 Å². The van der Waals surface area contributed by atoms with Crippen molar-refractivity contribution in [2.24, 2.45) is 0 Å². The third-order valence-corrected chi connectivity index (χ3v) is 4.18. The highest BCUT2D eigenvalue weighted by atomic mass is 16.5. The van der Waals surface area contributed by atoms with Gasteiger partial charge in [-0.1, -0.05) is 25.7 Å². The van der Waals surface area contributed by atoms with Gasteiger partial charge in [0, 0.05) is 24.8 Å². The Bertz CT molecular complexity index is 466. The molecule has 4 heteroatoms. The summed E-state index contributed by atoms with van der Waals surface area (Å²) in [5.74, 6) is 0.688. The van der Waals surface area contributed by atoms with Gasteiger partial charge in [-0.15, -0.1) is 0 Å². The third kappa shape index (κ3) is 3.24. The number of nitrogens with zero attached hydrogens (tertiary/aromatic N) is 1. The van der Waals surface area contributed by atoms with Crippen LogP contribution in [0.1, 0.15) is 48.9 Å². The molecular weight excluding hydrogens is 252 g/mol. The van der Waals surface area contributed by atoms with Crippen LogP contribution in [0, 0.1) is 0 Å². The maximum Gasteiger partial charge on any atom is 0.255 e. The van der Waals surface area contributed by atoms with Gasteiger partial charge in [-0.3, -0.25) is 4.79 Å². The normalized spacial score (nSPS) is 16.5. The van der Waals surface area contributed by atoms with E-state index in [1.54, 1.807) is 25.3 Å². The van der Waals surface area contributed by atoms with Crippen molar-refractivity contribution in [2.45, 2.75) is 44.6 Å². The van der Waals surface area contributed by atoms with Gasteiger partial charge in [-0.05, 0) is 25.0 Å². The Kier molecular flexibility index (Phi) is 4.88. The largest absolute Gasteiger partial charge is 0.497 e. The number of carbonyl (C=O) groups excluding carboxylic acids is 1. The summed E-state index contributed by atoms with van der Waals surface area (Å²) in [4.78, 5) is 14.4. The second-order valence-corrected chi connectivity index (χ2v) is 5.51. The zero-order valence-corrected chi connectivity index (χ0v) is 12.4. The van der Waals surface area contributed by atoms with Crippen molar-refractivity contribution in [3.05, 3.63) is 23.8 Å². The van der Waals surface area contributed by atoms with E-state index in [-0.39, 0.29) is 5.91 Å². The first-order chi connectivity index (χ1) is 9.63. The van der Waals surface area contributed by atoms with Gasteiger partial charge in [0.15, 0.2) is 0 Å². The van der Waals surface area contributed by atoms with Crippen LogP contribution in [0.2, 0.25) is 0 Å². The van der Waals surface area contributed by atoms with E-state index < -0.39 is 0 Å².